The second kappa shape index (κ2) is 5.21. The molecule has 1 aromatic carbocycles. The van der Waals surface area contributed by atoms with Gasteiger partial charge >= 0.3 is 0 Å². The maximum Gasteiger partial charge on any atom is 0.196 e. The first-order valence-electron chi connectivity index (χ1n) is 4.67. The summed E-state index contributed by atoms with van der Waals surface area (Å²) in [5.41, 5.74) is 0.935. The standard InChI is InChI=1S/C11H8BrCl2NO/c12-8-5-7(1-2-9(8)14)10-6-15-11(16-10)3-4-13/h1-2,5-6H,3-4H2. The van der Waals surface area contributed by atoms with E-state index in [-0.39, 0.29) is 0 Å². The molecule has 0 unspecified atom stereocenters. The van der Waals surface area contributed by atoms with Crippen LogP contribution in [0, 0.1) is 0 Å². The minimum Gasteiger partial charge on any atom is -0.441 e. The Bertz CT molecular complexity index is 498. The number of rotatable bonds is 3. The van der Waals surface area contributed by atoms with Gasteiger partial charge in [-0.1, -0.05) is 11.6 Å². The lowest BCUT2D eigenvalue weighted by Crippen LogP contribution is -1.83. The van der Waals surface area contributed by atoms with E-state index in [2.05, 4.69) is 20.9 Å². The normalized spacial score (nSPS) is 10.7. The van der Waals surface area contributed by atoms with Crippen LogP contribution >= 0.6 is 39.1 Å². The van der Waals surface area contributed by atoms with Gasteiger partial charge in [-0.25, -0.2) is 4.98 Å². The summed E-state index contributed by atoms with van der Waals surface area (Å²) in [6, 6.07) is 5.59. The topological polar surface area (TPSA) is 26.0 Å². The van der Waals surface area contributed by atoms with Crippen LogP contribution < -0.4 is 0 Å². The van der Waals surface area contributed by atoms with Crippen LogP contribution in [0.2, 0.25) is 5.02 Å². The maximum atomic E-state index is 5.91. The van der Waals surface area contributed by atoms with Gasteiger partial charge in [-0.2, -0.15) is 0 Å². The van der Waals surface area contributed by atoms with E-state index in [1.807, 2.05) is 18.2 Å². The van der Waals surface area contributed by atoms with E-state index < -0.39 is 0 Å². The molecule has 2 rings (SSSR count). The molecule has 0 amide bonds. The molecule has 0 fully saturated rings. The van der Waals surface area contributed by atoms with Crippen molar-refractivity contribution in [3.63, 3.8) is 0 Å². The summed E-state index contributed by atoms with van der Waals surface area (Å²) in [7, 11) is 0. The predicted molar refractivity (Wildman–Crippen MR) is 69.1 cm³/mol. The van der Waals surface area contributed by atoms with Gasteiger partial charge in [0.05, 0.1) is 11.2 Å². The fourth-order valence-electron chi connectivity index (χ4n) is 1.29. The molecule has 0 saturated heterocycles. The van der Waals surface area contributed by atoms with Crippen LogP contribution in [0.15, 0.2) is 33.3 Å². The molecule has 0 aliphatic heterocycles. The number of oxazole rings is 1. The van der Waals surface area contributed by atoms with Crippen LogP contribution in [0.5, 0.6) is 0 Å². The second-order valence-electron chi connectivity index (χ2n) is 3.19. The fourth-order valence-corrected chi connectivity index (χ4v) is 1.95. The predicted octanol–water partition coefficient (Wildman–Crippen LogP) is 4.54. The largest absolute Gasteiger partial charge is 0.441 e. The quantitative estimate of drug-likeness (QED) is 0.776. The highest BCUT2D eigenvalue weighted by Crippen LogP contribution is 2.29. The summed E-state index contributed by atoms with van der Waals surface area (Å²) in [4.78, 5) is 4.13. The van der Waals surface area contributed by atoms with Crippen LogP contribution in [0.3, 0.4) is 0 Å². The Kier molecular flexibility index (Phi) is 3.90. The Morgan fingerprint density at radius 2 is 2.19 bits per heavy atom. The smallest absolute Gasteiger partial charge is 0.196 e. The van der Waals surface area contributed by atoms with E-state index in [0.717, 1.165) is 15.8 Å². The number of hydrogen-bond donors (Lipinski definition) is 0. The monoisotopic (exact) mass is 319 g/mol. The molecule has 0 aliphatic rings. The maximum absolute atomic E-state index is 5.91. The second-order valence-corrected chi connectivity index (χ2v) is 4.83. The van der Waals surface area contributed by atoms with Crippen LogP contribution in [0.4, 0.5) is 0 Å². The van der Waals surface area contributed by atoms with Crippen molar-refractivity contribution in [1.29, 1.82) is 0 Å². The van der Waals surface area contributed by atoms with E-state index in [0.29, 0.717) is 23.2 Å². The van der Waals surface area contributed by atoms with Crippen LogP contribution in [0.1, 0.15) is 5.89 Å². The van der Waals surface area contributed by atoms with Crippen LogP contribution in [-0.4, -0.2) is 10.9 Å². The van der Waals surface area contributed by atoms with Gasteiger partial charge in [0.25, 0.3) is 0 Å². The Labute approximate surface area is 112 Å². The number of halogens is 3. The molecule has 0 radical (unpaired) electrons. The molecule has 0 N–H and O–H groups in total. The third-order valence-electron chi connectivity index (χ3n) is 2.07. The van der Waals surface area contributed by atoms with Gasteiger partial charge in [0.1, 0.15) is 0 Å². The molecule has 1 aromatic heterocycles. The van der Waals surface area contributed by atoms with E-state index in [4.69, 9.17) is 27.6 Å². The number of aromatic nitrogens is 1. The Morgan fingerprint density at radius 3 is 2.88 bits per heavy atom. The van der Waals surface area contributed by atoms with E-state index in [9.17, 15) is 0 Å². The SMILES string of the molecule is ClCCc1ncc(-c2ccc(Cl)c(Br)c2)o1. The molecule has 1 heterocycles. The average Bonchev–Trinajstić information content (AvgIpc) is 2.71. The minimum atomic E-state index is 0.504. The van der Waals surface area contributed by atoms with Crippen molar-refractivity contribution < 1.29 is 4.42 Å². The number of benzene rings is 1. The van der Waals surface area contributed by atoms with Crippen molar-refractivity contribution in [3.05, 3.63) is 39.8 Å². The lowest BCUT2D eigenvalue weighted by atomic mass is 10.2. The first kappa shape index (κ1) is 12.0. The zero-order valence-corrected chi connectivity index (χ0v) is 11.3. The van der Waals surface area contributed by atoms with Crippen molar-refractivity contribution in [2.45, 2.75) is 6.42 Å². The summed E-state index contributed by atoms with van der Waals surface area (Å²) in [5.74, 6) is 1.87. The molecular formula is C11H8BrCl2NO. The molecule has 2 nitrogen and oxygen atoms in total. The van der Waals surface area contributed by atoms with Gasteiger partial charge in [-0.15, -0.1) is 11.6 Å². The molecule has 0 saturated carbocycles. The highest BCUT2D eigenvalue weighted by atomic mass is 79.9. The lowest BCUT2D eigenvalue weighted by Gasteiger charge is -1.99. The first-order valence-corrected chi connectivity index (χ1v) is 6.37. The zero-order chi connectivity index (χ0) is 11.5. The zero-order valence-electron chi connectivity index (χ0n) is 8.21. The number of aryl methyl sites for hydroxylation is 1. The van der Waals surface area contributed by atoms with Crippen LogP contribution in [0.25, 0.3) is 11.3 Å². The minimum absolute atomic E-state index is 0.504. The Hall–Kier alpha value is -0.510. The first-order chi connectivity index (χ1) is 7.70. The molecule has 0 bridgehead atoms. The fraction of sp³-hybridized carbons (Fsp3) is 0.182. The highest BCUT2D eigenvalue weighted by Gasteiger charge is 2.07. The summed E-state index contributed by atoms with van der Waals surface area (Å²) < 4.78 is 6.38. The molecule has 5 heteroatoms. The van der Waals surface area contributed by atoms with Gasteiger partial charge in [0, 0.05) is 22.3 Å². The highest BCUT2D eigenvalue weighted by molar-refractivity contribution is 9.10. The summed E-state index contributed by atoms with van der Waals surface area (Å²) >= 11 is 14.9. The molecule has 16 heavy (non-hydrogen) atoms. The van der Waals surface area contributed by atoms with Gasteiger partial charge in [0.15, 0.2) is 11.7 Å². The number of hydrogen-bond acceptors (Lipinski definition) is 2. The number of alkyl halides is 1. The summed E-state index contributed by atoms with van der Waals surface area (Å²) in [5, 5.41) is 0.671. The average molecular weight is 321 g/mol. The van der Waals surface area contributed by atoms with Crippen molar-refractivity contribution >= 4 is 39.1 Å². The van der Waals surface area contributed by atoms with E-state index >= 15 is 0 Å². The lowest BCUT2D eigenvalue weighted by molar-refractivity contribution is 0.514. The van der Waals surface area contributed by atoms with Gasteiger partial charge in [-0.05, 0) is 34.1 Å². The number of nitrogens with zero attached hydrogens (tertiary/aromatic N) is 1. The molecule has 84 valence electrons. The van der Waals surface area contributed by atoms with Gasteiger partial charge < -0.3 is 4.42 Å². The third kappa shape index (κ3) is 2.59. The van der Waals surface area contributed by atoms with Crippen molar-refractivity contribution in [3.8, 4) is 11.3 Å². The van der Waals surface area contributed by atoms with Crippen molar-refractivity contribution in [1.82, 2.24) is 4.98 Å². The van der Waals surface area contributed by atoms with Crippen LogP contribution in [-0.2, 0) is 6.42 Å². The summed E-state index contributed by atoms with van der Waals surface area (Å²) in [6.07, 6.45) is 2.33. The Morgan fingerprint density at radius 1 is 1.38 bits per heavy atom. The van der Waals surface area contributed by atoms with E-state index in [1.165, 1.54) is 0 Å². The molecule has 0 aliphatic carbocycles. The van der Waals surface area contributed by atoms with E-state index in [1.54, 1.807) is 6.20 Å². The summed E-state index contributed by atoms with van der Waals surface area (Å²) in [6.45, 7) is 0. The van der Waals surface area contributed by atoms with Gasteiger partial charge in [0.2, 0.25) is 0 Å². The molecule has 0 atom stereocenters. The van der Waals surface area contributed by atoms with Gasteiger partial charge in [-0.3, -0.25) is 0 Å². The Balaban J connectivity index is 2.31. The molecule has 2 aromatic rings. The molecule has 0 spiro atoms. The van der Waals surface area contributed by atoms with Crippen molar-refractivity contribution in [2.24, 2.45) is 0 Å². The molecular weight excluding hydrogens is 313 g/mol. The third-order valence-corrected chi connectivity index (χ3v) is 3.47. The van der Waals surface area contributed by atoms with Crippen molar-refractivity contribution in [2.75, 3.05) is 5.88 Å².